The monoisotopic (exact) mass is 1260 g/mol. The molecule has 0 atom stereocenters. The fourth-order valence-corrected chi connectivity index (χ4v) is 12.7. The van der Waals surface area contributed by atoms with Crippen LogP contribution in [0.15, 0.2) is 328 Å². The highest BCUT2D eigenvalue weighted by Crippen LogP contribution is 2.57. The molecule has 12 aromatic carbocycles. The molecule has 0 saturated heterocycles. The van der Waals surface area contributed by atoms with Crippen LogP contribution in [-0.4, -0.2) is 59.8 Å². The van der Waals surface area contributed by atoms with Crippen molar-refractivity contribution < 1.29 is 4.74 Å². The summed E-state index contributed by atoms with van der Waals surface area (Å²) in [5.74, 6) is 6.91. The number of hydrogen-bond donors (Lipinski definition) is 0. The van der Waals surface area contributed by atoms with Crippen LogP contribution in [0.2, 0.25) is 0 Å². The predicted octanol–water partition coefficient (Wildman–Crippen LogP) is 18.9. The maximum atomic E-state index is 7.12. The molecule has 0 amide bonds. The number of fused-ring (bicyclic) bond motifs is 2. The molecule has 0 bridgehead atoms. The normalized spacial score (nSPS) is 12.0. The Hall–Kier alpha value is -13.5. The van der Waals surface area contributed by atoms with E-state index in [9.17, 15) is 0 Å². The van der Waals surface area contributed by atoms with E-state index in [0.717, 1.165) is 66.8 Å². The Morgan fingerprint density at radius 3 is 0.520 bits per heavy atom. The average Bonchev–Trinajstić information content (AvgIpc) is 0.701. The SMILES string of the molecule is c1ccc(-c2nc(-c3ccccc3)nc(-c3cc(-c4nc(-c5ccccc5)nc(-c5ccccc5)n4)cc(C4(c5cc(-c6nc(-c7ccccc7)nc(-c7ccccc7)n6)cc(-c6nc(-c7ccccc7)nc(-c7ccccc7)n6)c5)c5ccccc5Oc5ccccc54)c3)n2)cc1. The summed E-state index contributed by atoms with van der Waals surface area (Å²) in [4.78, 5) is 64.2. The van der Waals surface area contributed by atoms with Crippen LogP contribution in [0.25, 0.3) is 137 Å². The van der Waals surface area contributed by atoms with Gasteiger partial charge >= 0.3 is 0 Å². The minimum atomic E-state index is -1.31. The van der Waals surface area contributed by atoms with Gasteiger partial charge in [0, 0.05) is 77.9 Å². The smallest absolute Gasteiger partial charge is 0.164 e. The molecule has 0 aliphatic carbocycles. The van der Waals surface area contributed by atoms with E-state index in [4.69, 9.17) is 64.5 Å². The largest absolute Gasteiger partial charge is 0.457 e. The molecular weight excluding hydrogens is 1210 g/mol. The lowest BCUT2D eigenvalue weighted by Gasteiger charge is -2.42. The van der Waals surface area contributed by atoms with Crippen molar-refractivity contribution in [1.29, 1.82) is 0 Å². The molecule has 0 unspecified atom stereocenters. The minimum Gasteiger partial charge on any atom is -0.457 e. The van der Waals surface area contributed by atoms with Crippen molar-refractivity contribution in [1.82, 2.24) is 59.8 Å². The lowest BCUT2D eigenvalue weighted by atomic mass is 9.62. The Balaban J connectivity index is 1.02. The first kappa shape index (κ1) is 58.3. The van der Waals surface area contributed by atoms with E-state index in [1.54, 1.807) is 0 Å². The highest BCUT2D eigenvalue weighted by Gasteiger charge is 2.46. The van der Waals surface area contributed by atoms with Gasteiger partial charge in [-0.25, -0.2) is 59.8 Å². The van der Waals surface area contributed by atoms with Gasteiger partial charge in [0.05, 0.1) is 5.41 Å². The van der Waals surface area contributed by atoms with Crippen LogP contribution >= 0.6 is 0 Å². The number of hydrogen-bond acceptors (Lipinski definition) is 13. The average molecular weight is 1260 g/mol. The molecular formula is C85H54N12O. The first-order chi connectivity index (χ1) is 48.5. The van der Waals surface area contributed by atoms with Crippen LogP contribution in [0.1, 0.15) is 22.3 Å². The minimum absolute atomic E-state index is 0.416. The van der Waals surface area contributed by atoms with Gasteiger partial charge in [-0.15, -0.1) is 0 Å². The van der Waals surface area contributed by atoms with E-state index in [1.165, 1.54) is 0 Å². The topological polar surface area (TPSA) is 164 Å². The van der Waals surface area contributed by atoms with Gasteiger partial charge in [-0.1, -0.05) is 279 Å². The lowest BCUT2D eigenvalue weighted by molar-refractivity contribution is 0.434. The number of rotatable bonds is 14. The van der Waals surface area contributed by atoms with Crippen molar-refractivity contribution >= 4 is 0 Å². The maximum Gasteiger partial charge on any atom is 0.164 e. The molecule has 13 heteroatoms. The quantitative estimate of drug-likeness (QED) is 0.101. The second kappa shape index (κ2) is 25.4. The highest BCUT2D eigenvalue weighted by molar-refractivity contribution is 5.82. The molecule has 1 aliphatic heterocycles. The molecule has 4 aromatic heterocycles. The molecule has 0 N–H and O–H groups in total. The van der Waals surface area contributed by atoms with Crippen molar-refractivity contribution in [2.45, 2.75) is 5.41 Å². The van der Waals surface area contributed by atoms with Crippen molar-refractivity contribution in [2.75, 3.05) is 0 Å². The second-order valence-electron chi connectivity index (χ2n) is 23.6. The summed E-state index contributed by atoms with van der Waals surface area (Å²) in [6.07, 6.45) is 0. The zero-order valence-electron chi connectivity index (χ0n) is 52.5. The van der Waals surface area contributed by atoms with Crippen molar-refractivity contribution in [3.8, 4) is 148 Å². The van der Waals surface area contributed by atoms with E-state index in [2.05, 4.69) is 60.7 Å². The molecule has 0 fully saturated rings. The van der Waals surface area contributed by atoms with Crippen LogP contribution in [0.4, 0.5) is 0 Å². The van der Waals surface area contributed by atoms with Crippen molar-refractivity contribution in [3.63, 3.8) is 0 Å². The van der Waals surface area contributed by atoms with Gasteiger partial charge in [0.25, 0.3) is 0 Å². The van der Waals surface area contributed by atoms with E-state index >= 15 is 0 Å². The summed E-state index contributed by atoms with van der Waals surface area (Å²) in [6.45, 7) is 0. The van der Waals surface area contributed by atoms with Crippen LogP contribution in [-0.2, 0) is 5.41 Å². The maximum absolute atomic E-state index is 7.12. The summed E-state index contributed by atoms with van der Waals surface area (Å²) in [5.41, 5.74) is 11.1. The summed E-state index contributed by atoms with van der Waals surface area (Å²) in [7, 11) is 0. The van der Waals surface area contributed by atoms with Crippen LogP contribution in [0.5, 0.6) is 11.5 Å². The molecule has 98 heavy (non-hydrogen) atoms. The zero-order chi connectivity index (χ0) is 65.2. The first-order valence-electron chi connectivity index (χ1n) is 32.2. The molecule has 0 radical (unpaired) electrons. The Labute approximate surface area is 564 Å². The highest BCUT2D eigenvalue weighted by atomic mass is 16.5. The van der Waals surface area contributed by atoms with Gasteiger partial charge < -0.3 is 4.74 Å². The summed E-state index contributed by atoms with van der Waals surface area (Å²) in [6, 6.07) is 109. The summed E-state index contributed by atoms with van der Waals surface area (Å²) >= 11 is 0. The van der Waals surface area contributed by atoms with Crippen molar-refractivity contribution in [3.05, 3.63) is 350 Å². The number of nitrogens with zero attached hydrogens (tertiary/aromatic N) is 12. The van der Waals surface area contributed by atoms with E-state index < -0.39 is 5.41 Å². The third-order valence-electron chi connectivity index (χ3n) is 17.4. The van der Waals surface area contributed by atoms with Gasteiger partial charge in [-0.3, -0.25) is 0 Å². The van der Waals surface area contributed by atoms with Crippen molar-refractivity contribution in [2.24, 2.45) is 0 Å². The van der Waals surface area contributed by atoms with Gasteiger partial charge in [-0.05, 0) is 59.7 Å². The van der Waals surface area contributed by atoms with Crippen LogP contribution in [0.3, 0.4) is 0 Å². The molecule has 16 aromatic rings. The Kier molecular flexibility index (Phi) is 15.1. The van der Waals surface area contributed by atoms with Gasteiger partial charge in [0.15, 0.2) is 69.9 Å². The molecule has 17 rings (SSSR count). The predicted molar refractivity (Wildman–Crippen MR) is 384 cm³/mol. The van der Waals surface area contributed by atoms with E-state index in [1.807, 2.05) is 267 Å². The molecule has 0 saturated carbocycles. The number of para-hydroxylation sites is 2. The lowest BCUT2D eigenvalue weighted by Crippen LogP contribution is -2.34. The van der Waals surface area contributed by atoms with Gasteiger partial charge in [0.2, 0.25) is 0 Å². The third-order valence-corrected chi connectivity index (χ3v) is 17.4. The summed E-state index contributed by atoms with van der Waals surface area (Å²) < 4.78 is 7.12. The first-order valence-corrected chi connectivity index (χ1v) is 32.2. The van der Waals surface area contributed by atoms with E-state index in [-0.39, 0.29) is 0 Å². The Morgan fingerprint density at radius 2 is 0.327 bits per heavy atom. The third kappa shape index (κ3) is 11.3. The molecule has 5 heterocycles. The Morgan fingerprint density at radius 1 is 0.163 bits per heavy atom. The molecule has 13 nitrogen and oxygen atoms in total. The fraction of sp³-hybridized carbons (Fsp3) is 0.0118. The van der Waals surface area contributed by atoms with Gasteiger partial charge in [-0.2, -0.15) is 0 Å². The fourth-order valence-electron chi connectivity index (χ4n) is 12.7. The zero-order valence-corrected chi connectivity index (χ0v) is 52.5. The summed E-state index contributed by atoms with van der Waals surface area (Å²) in [5, 5.41) is 0. The van der Waals surface area contributed by atoms with Crippen LogP contribution < -0.4 is 4.74 Å². The number of aromatic nitrogens is 12. The Bertz CT molecular complexity index is 4720. The number of ether oxygens (including phenoxy) is 1. The molecule has 0 spiro atoms. The molecule has 460 valence electrons. The van der Waals surface area contributed by atoms with E-state index in [0.29, 0.717) is 104 Å². The molecule has 1 aliphatic rings. The van der Waals surface area contributed by atoms with Crippen LogP contribution in [0, 0.1) is 0 Å². The standard InChI is InChI=1S/C85H54N12O/c1-9-29-55(30-10-1)73-86-74(56-31-11-2-12-32-56)91-81(90-73)63-49-64(82-92-75(57-33-13-3-14-34-57)87-76(93-82)58-35-15-4-16-36-58)52-67(51-63)85(69-45-25-27-47-71(69)98-72-48-28-26-46-70(72)85)68-53-65(83-94-77(59-37-17-5-18-38-59)88-78(95-83)60-39-19-6-20-40-60)50-66(54-68)84-96-79(61-41-21-7-22-42-61)89-80(97-84)62-43-23-8-24-44-62/h1-54H. The number of benzene rings is 12. The second-order valence-corrected chi connectivity index (χ2v) is 23.6. The van der Waals surface area contributed by atoms with Gasteiger partial charge in [0.1, 0.15) is 11.5 Å².